The van der Waals surface area contributed by atoms with Crippen molar-refractivity contribution in [2.24, 2.45) is 11.8 Å². The number of benzene rings is 2. The van der Waals surface area contributed by atoms with Gasteiger partial charge in [-0.3, -0.25) is 14.4 Å². The second kappa shape index (κ2) is 10.8. The van der Waals surface area contributed by atoms with Gasteiger partial charge >= 0.3 is 0 Å². The van der Waals surface area contributed by atoms with E-state index in [1.54, 1.807) is 21.3 Å². The van der Waals surface area contributed by atoms with Gasteiger partial charge in [0.1, 0.15) is 18.2 Å². The van der Waals surface area contributed by atoms with Crippen LogP contribution in [0.4, 0.5) is 0 Å². The van der Waals surface area contributed by atoms with Crippen molar-refractivity contribution in [3.05, 3.63) is 60.2 Å². The van der Waals surface area contributed by atoms with Crippen molar-refractivity contribution in [2.45, 2.75) is 59.9 Å². The van der Waals surface area contributed by atoms with Crippen LogP contribution in [0.15, 0.2) is 54.6 Å². The smallest absolute Gasteiger partial charge is 0.245 e. The van der Waals surface area contributed by atoms with Crippen molar-refractivity contribution >= 4 is 56.4 Å². The number of fused-ring (bicyclic) bond motifs is 2. The van der Waals surface area contributed by atoms with Crippen molar-refractivity contribution in [3.63, 3.8) is 0 Å². The Morgan fingerprint density at radius 1 is 1.15 bits per heavy atom. The molecule has 3 fully saturated rings. The number of carbonyl (C=O) groups excluding carboxylic acids is 3. The molecule has 7 atom stereocenters. The number of rotatable bonds is 9. The molecule has 12 heteroatoms. The molecule has 0 aliphatic carbocycles. The summed E-state index contributed by atoms with van der Waals surface area (Å²) in [7, 11) is 0. The maximum absolute atomic E-state index is 14.1. The first-order valence-corrected chi connectivity index (χ1v) is 15.3. The van der Waals surface area contributed by atoms with Crippen LogP contribution >= 0.6 is 27.7 Å². The number of amides is 3. The van der Waals surface area contributed by atoms with Crippen molar-refractivity contribution in [1.29, 1.82) is 0 Å². The molecule has 1 spiro atoms. The maximum Gasteiger partial charge on any atom is 0.245 e. The van der Waals surface area contributed by atoms with Crippen LogP contribution in [0.2, 0.25) is 0 Å². The van der Waals surface area contributed by atoms with E-state index >= 15 is 0 Å². The molecule has 2 aromatic carbocycles. The number of alkyl halides is 1. The topological polar surface area (TPSA) is 129 Å². The van der Waals surface area contributed by atoms with Crippen LogP contribution in [0.5, 0.6) is 0 Å². The summed E-state index contributed by atoms with van der Waals surface area (Å²) in [5, 5.41) is 24.4. The molecule has 3 aliphatic heterocycles. The second-order valence-electron chi connectivity index (χ2n) is 10.6. The molecule has 3 saturated heterocycles. The molecule has 4 heterocycles. The number of halogens is 1. The number of nitrogens with one attached hydrogen (secondary N) is 2. The summed E-state index contributed by atoms with van der Waals surface area (Å²) in [6.45, 7) is 2.07. The molecule has 1 aromatic heterocycles. The van der Waals surface area contributed by atoms with Gasteiger partial charge in [-0.1, -0.05) is 70.5 Å². The molecule has 10 nitrogen and oxygen atoms in total. The van der Waals surface area contributed by atoms with Gasteiger partial charge in [0.05, 0.1) is 34.7 Å². The number of carbonyl (C=O) groups is 3. The third-order valence-electron chi connectivity index (χ3n) is 8.49. The molecule has 3 aromatic rings. The van der Waals surface area contributed by atoms with E-state index in [2.05, 4.69) is 36.9 Å². The summed E-state index contributed by atoms with van der Waals surface area (Å²) >= 11 is 5.36. The van der Waals surface area contributed by atoms with Crippen LogP contribution in [0, 0.1) is 11.8 Å². The van der Waals surface area contributed by atoms with Gasteiger partial charge in [0.25, 0.3) is 0 Å². The Morgan fingerprint density at radius 2 is 1.90 bits per heavy atom. The normalized spacial score (nSPS) is 29.5. The Labute approximate surface area is 244 Å². The predicted octanol–water partition coefficient (Wildman–Crippen LogP) is 2.06. The first-order chi connectivity index (χ1) is 19.4. The van der Waals surface area contributed by atoms with E-state index in [1.807, 2.05) is 61.5 Å². The largest absolute Gasteiger partial charge is 0.394 e. The highest BCUT2D eigenvalue weighted by molar-refractivity contribution is 9.09. The summed E-state index contributed by atoms with van der Waals surface area (Å²) < 4.78 is 0.820. The third kappa shape index (κ3) is 4.31. The highest BCUT2D eigenvalue weighted by atomic mass is 79.9. The van der Waals surface area contributed by atoms with Gasteiger partial charge in [0.15, 0.2) is 0 Å². The lowest BCUT2D eigenvalue weighted by atomic mass is 9.70. The van der Waals surface area contributed by atoms with Crippen LogP contribution in [-0.2, 0) is 27.6 Å². The van der Waals surface area contributed by atoms with Crippen LogP contribution in [0.25, 0.3) is 11.0 Å². The van der Waals surface area contributed by atoms with Crippen molar-refractivity contribution in [2.75, 3.05) is 6.61 Å². The van der Waals surface area contributed by atoms with E-state index in [-0.39, 0.29) is 41.1 Å². The number of para-hydroxylation sites is 1. The average molecular weight is 628 g/mol. The minimum Gasteiger partial charge on any atom is -0.394 e. The number of thioether (sulfide) groups is 1. The summed E-state index contributed by atoms with van der Waals surface area (Å²) in [5.41, 5.74) is 2.48. The number of aromatic nitrogens is 3. The first-order valence-electron chi connectivity index (χ1n) is 13.5. The fraction of sp³-hybridized carbons (Fsp3) is 0.464. The Balaban J connectivity index is 1.29. The maximum atomic E-state index is 14.1. The standard InChI is InChI=1S/C28H31BrN6O4S/c1-2-17(14-36)35-24(26(38)31-15-34-20-11-7-6-10-19(20)32-33-34)28-12-18(29)23(40-28)21(22(28)27(35)39)25(37)30-13-16-8-4-3-5-9-16/h3-11,17-18,21-24,36H,2,12-15H2,1H3,(H,30,37)(H,31,38)/t17-,18?,21+,22-,23+,24?,28?/m0/s1. The zero-order valence-electron chi connectivity index (χ0n) is 21.9. The molecule has 40 heavy (non-hydrogen) atoms. The summed E-state index contributed by atoms with van der Waals surface area (Å²) in [6.07, 6.45) is 1.06. The molecule has 210 valence electrons. The van der Waals surface area contributed by atoms with Crippen LogP contribution in [0.1, 0.15) is 25.3 Å². The van der Waals surface area contributed by atoms with E-state index in [0.717, 1.165) is 16.6 Å². The Bertz CT molecular complexity index is 1430. The highest BCUT2D eigenvalue weighted by Crippen LogP contribution is 2.68. The number of hydrogen-bond acceptors (Lipinski definition) is 7. The number of aliphatic hydroxyl groups is 1. The molecule has 3 N–H and O–H groups in total. The van der Waals surface area contributed by atoms with Gasteiger partial charge in [-0.15, -0.1) is 16.9 Å². The van der Waals surface area contributed by atoms with E-state index in [0.29, 0.717) is 19.4 Å². The van der Waals surface area contributed by atoms with Gasteiger partial charge in [-0.05, 0) is 30.5 Å². The minimum absolute atomic E-state index is 0.0299. The minimum atomic E-state index is -0.834. The van der Waals surface area contributed by atoms with E-state index in [4.69, 9.17) is 0 Å². The molecule has 6 rings (SSSR count). The molecule has 3 aliphatic rings. The number of hydrogen-bond donors (Lipinski definition) is 3. The van der Waals surface area contributed by atoms with Gasteiger partial charge in [0, 0.05) is 16.6 Å². The quantitative estimate of drug-likeness (QED) is 0.310. The predicted molar refractivity (Wildman–Crippen MR) is 154 cm³/mol. The number of nitrogens with zero attached hydrogens (tertiary/aromatic N) is 4. The second-order valence-corrected chi connectivity index (χ2v) is 13.4. The highest BCUT2D eigenvalue weighted by Gasteiger charge is 2.76. The SMILES string of the molecule is CC[C@@H](CO)N1C(=O)[C@@H]2[C@@H](C(=O)NCc3ccccc3)[C@@H]3SC2(CC3Br)C1C(=O)NCn1nnc2ccccc21. The molecular weight excluding hydrogens is 596 g/mol. The number of likely N-dealkylation sites (tertiary alicyclic amines) is 1. The van der Waals surface area contributed by atoms with Crippen molar-refractivity contribution in [3.8, 4) is 0 Å². The Kier molecular flexibility index (Phi) is 7.34. The zero-order valence-corrected chi connectivity index (χ0v) is 24.3. The Morgan fingerprint density at radius 3 is 2.65 bits per heavy atom. The first kappa shape index (κ1) is 27.2. The average Bonchev–Trinajstić information content (AvgIpc) is 3.69. The van der Waals surface area contributed by atoms with Crippen molar-refractivity contribution < 1.29 is 19.5 Å². The van der Waals surface area contributed by atoms with Crippen LogP contribution in [0.3, 0.4) is 0 Å². The zero-order chi connectivity index (χ0) is 28.0. The Hall–Kier alpha value is -2.96. The van der Waals surface area contributed by atoms with Crippen LogP contribution in [-0.4, -0.2) is 76.2 Å². The molecule has 0 saturated carbocycles. The molecule has 2 bridgehead atoms. The van der Waals surface area contributed by atoms with E-state index in [1.165, 1.54) is 0 Å². The van der Waals surface area contributed by atoms with Gasteiger partial charge in [0.2, 0.25) is 17.7 Å². The van der Waals surface area contributed by atoms with Gasteiger partial charge in [-0.2, -0.15) is 0 Å². The lowest BCUT2D eigenvalue weighted by Crippen LogP contribution is -2.57. The lowest BCUT2D eigenvalue weighted by molar-refractivity contribution is -0.143. The van der Waals surface area contributed by atoms with E-state index < -0.39 is 28.7 Å². The molecule has 3 amide bonds. The number of aliphatic hydroxyl groups excluding tert-OH is 1. The third-order valence-corrected chi connectivity index (χ3v) is 11.7. The summed E-state index contributed by atoms with van der Waals surface area (Å²) in [6, 6.07) is 15.8. The fourth-order valence-electron chi connectivity index (χ4n) is 6.66. The molecule has 3 unspecified atom stereocenters. The lowest BCUT2D eigenvalue weighted by Gasteiger charge is -2.37. The molecular formula is C28H31BrN6O4S. The fourth-order valence-corrected chi connectivity index (χ4v) is 10.3. The van der Waals surface area contributed by atoms with Gasteiger partial charge < -0.3 is 20.6 Å². The summed E-state index contributed by atoms with van der Waals surface area (Å²) in [4.78, 5) is 43.3. The monoisotopic (exact) mass is 626 g/mol. The van der Waals surface area contributed by atoms with Gasteiger partial charge in [-0.25, -0.2) is 4.68 Å². The molecule has 0 radical (unpaired) electrons. The van der Waals surface area contributed by atoms with E-state index in [9.17, 15) is 19.5 Å². The van der Waals surface area contributed by atoms with Crippen LogP contribution < -0.4 is 10.6 Å². The van der Waals surface area contributed by atoms with Crippen molar-refractivity contribution in [1.82, 2.24) is 30.5 Å². The summed E-state index contributed by atoms with van der Waals surface area (Å²) in [5.74, 6) is -1.98.